The van der Waals surface area contributed by atoms with Crippen LogP contribution in [0.5, 0.6) is 11.5 Å². The number of ether oxygens (including phenoxy) is 2. The van der Waals surface area contributed by atoms with Gasteiger partial charge in [0.1, 0.15) is 29.1 Å². The molecule has 0 aliphatic rings. The molecule has 0 aliphatic carbocycles. The maximum atomic E-state index is 13.5. The van der Waals surface area contributed by atoms with Gasteiger partial charge >= 0.3 is 0 Å². The van der Waals surface area contributed by atoms with Crippen LogP contribution < -0.4 is 14.8 Å². The maximum Gasteiger partial charge on any atom is 0.270 e. The number of rotatable bonds is 10. The molecule has 1 amide bonds. The molecule has 0 saturated carbocycles. The Morgan fingerprint density at radius 3 is 2.50 bits per heavy atom. The van der Waals surface area contributed by atoms with Crippen molar-refractivity contribution in [3.05, 3.63) is 132 Å². The zero-order valence-electron chi connectivity index (χ0n) is 23.3. The summed E-state index contributed by atoms with van der Waals surface area (Å²) in [6.45, 7) is 0. The summed E-state index contributed by atoms with van der Waals surface area (Å²) < 4.78 is 13.3. The molecule has 210 valence electrons. The molecule has 0 saturated heterocycles. The average Bonchev–Trinajstić information content (AvgIpc) is 3.67. The van der Waals surface area contributed by atoms with Crippen LogP contribution >= 0.6 is 0 Å². The number of para-hydroxylation sites is 1. The lowest BCUT2D eigenvalue weighted by molar-refractivity contribution is 0.0936. The van der Waals surface area contributed by atoms with Crippen molar-refractivity contribution >= 4 is 16.8 Å². The lowest BCUT2D eigenvalue weighted by Gasteiger charge is -2.21. The van der Waals surface area contributed by atoms with Crippen molar-refractivity contribution < 1.29 is 14.3 Å². The molecule has 9 heteroatoms. The van der Waals surface area contributed by atoms with Crippen LogP contribution in [0.25, 0.3) is 16.6 Å². The van der Waals surface area contributed by atoms with Crippen molar-refractivity contribution in [1.29, 1.82) is 0 Å². The Kier molecular flexibility index (Phi) is 7.63. The zero-order chi connectivity index (χ0) is 28.9. The SMILES string of the molecule is COc1ccc(-n2c(CCc3ccccc3)nnc2[C@H](NC(=O)c2ccccn2)c2c[nH]c3ccccc23)c(OC)c1. The molecule has 0 radical (unpaired) electrons. The molecule has 6 rings (SSSR count). The van der Waals surface area contributed by atoms with Gasteiger partial charge in [0.15, 0.2) is 5.82 Å². The maximum absolute atomic E-state index is 13.5. The number of nitrogens with one attached hydrogen (secondary N) is 2. The van der Waals surface area contributed by atoms with Gasteiger partial charge in [0.05, 0.1) is 19.9 Å². The number of benzene rings is 3. The number of aromatic amines is 1. The number of aryl methyl sites for hydroxylation is 2. The fourth-order valence-electron chi connectivity index (χ4n) is 5.13. The molecule has 0 spiro atoms. The lowest BCUT2D eigenvalue weighted by atomic mass is 10.0. The number of nitrogens with zero attached hydrogens (tertiary/aromatic N) is 4. The van der Waals surface area contributed by atoms with Crippen LogP contribution in [0, 0.1) is 0 Å². The Morgan fingerprint density at radius 1 is 0.905 bits per heavy atom. The predicted molar refractivity (Wildman–Crippen MR) is 160 cm³/mol. The molecule has 3 heterocycles. The van der Waals surface area contributed by atoms with E-state index in [2.05, 4.69) is 32.5 Å². The van der Waals surface area contributed by atoms with Crippen LogP contribution in [-0.2, 0) is 12.8 Å². The minimum atomic E-state index is -0.666. The highest BCUT2D eigenvalue weighted by atomic mass is 16.5. The van der Waals surface area contributed by atoms with E-state index in [0.29, 0.717) is 29.4 Å². The number of carbonyl (C=O) groups excluding carboxylic acids is 1. The van der Waals surface area contributed by atoms with Crippen molar-refractivity contribution in [2.45, 2.75) is 18.9 Å². The third-order valence-corrected chi connectivity index (χ3v) is 7.23. The third-order valence-electron chi connectivity index (χ3n) is 7.23. The minimum absolute atomic E-state index is 0.305. The molecule has 3 aromatic heterocycles. The number of pyridine rings is 1. The van der Waals surface area contributed by atoms with E-state index in [1.807, 2.05) is 71.4 Å². The molecule has 9 nitrogen and oxygen atoms in total. The molecule has 0 unspecified atom stereocenters. The highest BCUT2D eigenvalue weighted by Gasteiger charge is 2.29. The van der Waals surface area contributed by atoms with Gasteiger partial charge in [-0.1, -0.05) is 54.6 Å². The first-order valence-electron chi connectivity index (χ1n) is 13.6. The van der Waals surface area contributed by atoms with Gasteiger partial charge in [0.25, 0.3) is 5.91 Å². The second kappa shape index (κ2) is 12.0. The normalized spacial score (nSPS) is 11.8. The van der Waals surface area contributed by atoms with Gasteiger partial charge in [-0.2, -0.15) is 0 Å². The first kappa shape index (κ1) is 26.8. The highest BCUT2D eigenvalue weighted by Crippen LogP contribution is 2.34. The van der Waals surface area contributed by atoms with E-state index < -0.39 is 6.04 Å². The Hall–Kier alpha value is -5.44. The second-order valence-electron chi connectivity index (χ2n) is 9.74. The van der Waals surface area contributed by atoms with Crippen molar-refractivity contribution in [3.8, 4) is 17.2 Å². The van der Waals surface area contributed by atoms with Crippen molar-refractivity contribution in [1.82, 2.24) is 30.0 Å². The topological polar surface area (TPSA) is 107 Å². The van der Waals surface area contributed by atoms with E-state index in [9.17, 15) is 4.79 Å². The number of carbonyl (C=O) groups is 1. The molecular formula is C33H30N6O3. The Labute approximate surface area is 243 Å². The molecule has 42 heavy (non-hydrogen) atoms. The first-order valence-corrected chi connectivity index (χ1v) is 13.6. The van der Waals surface area contributed by atoms with Gasteiger partial charge in [-0.15, -0.1) is 10.2 Å². The van der Waals surface area contributed by atoms with Crippen LogP contribution in [0.2, 0.25) is 0 Å². The summed E-state index contributed by atoms with van der Waals surface area (Å²) in [6.07, 6.45) is 4.88. The summed E-state index contributed by atoms with van der Waals surface area (Å²) in [7, 11) is 3.23. The van der Waals surface area contributed by atoms with E-state index in [-0.39, 0.29) is 5.91 Å². The summed E-state index contributed by atoms with van der Waals surface area (Å²) in [6, 6.07) is 28.4. The van der Waals surface area contributed by atoms with E-state index in [1.165, 1.54) is 5.56 Å². The molecule has 1 atom stereocenters. The number of hydrogen-bond donors (Lipinski definition) is 2. The van der Waals surface area contributed by atoms with Gasteiger partial charge in [0, 0.05) is 41.3 Å². The monoisotopic (exact) mass is 558 g/mol. The number of hydrogen-bond acceptors (Lipinski definition) is 6. The van der Waals surface area contributed by atoms with Crippen molar-refractivity contribution in [3.63, 3.8) is 0 Å². The van der Waals surface area contributed by atoms with Crippen LogP contribution in [0.1, 0.15) is 39.3 Å². The smallest absolute Gasteiger partial charge is 0.270 e. The van der Waals surface area contributed by atoms with E-state index >= 15 is 0 Å². The Balaban J connectivity index is 1.52. The van der Waals surface area contributed by atoms with Gasteiger partial charge < -0.3 is 19.8 Å². The molecule has 0 aliphatic heterocycles. The first-order chi connectivity index (χ1) is 20.7. The molecule has 0 bridgehead atoms. The fraction of sp³-hybridized carbons (Fsp3) is 0.152. The standard InChI is InChI=1S/C33H30N6O3/c1-41-23-16-17-28(29(20-23)42-2)39-30(18-15-22-10-4-3-5-11-22)37-38-32(39)31(36-33(40)27-14-8-9-19-34-27)25-21-35-26-13-7-6-12-24(25)26/h3-14,16-17,19-21,31,35H,15,18H2,1-2H3,(H,36,40)/t31-/m1/s1. The highest BCUT2D eigenvalue weighted by molar-refractivity contribution is 5.93. The summed E-state index contributed by atoms with van der Waals surface area (Å²) in [5, 5.41) is 13.5. The van der Waals surface area contributed by atoms with Crippen LogP contribution in [0.4, 0.5) is 0 Å². The number of fused-ring (bicyclic) bond motifs is 1. The van der Waals surface area contributed by atoms with Gasteiger partial charge in [-0.3, -0.25) is 14.3 Å². The van der Waals surface area contributed by atoms with E-state index in [1.54, 1.807) is 38.6 Å². The molecule has 2 N–H and O–H groups in total. The quantitative estimate of drug-likeness (QED) is 0.231. The minimum Gasteiger partial charge on any atom is -0.497 e. The van der Waals surface area contributed by atoms with Crippen LogP contribution in [0.15, 0.2) is 103 Å². The fourth-order valence-corrected chi connectivity index (χ4v) is 5.13. The van der Waals surface area contributed by atoms with Gasteiger partial charge in [0.2, 0.25) is 0 Å². The third kappa shape index (κ3) is 5.32. The largest absolute Gasteiger partial charge is 0.497 e. The van der Waals surface area contributed by atoms with Crippen molar-refractivity contribution in [2.75, 3.05) is 14.2 Å². The lowest BCUT2D eigenvalue weighted by Crippen LogP contribution is -2.32. The van der Waals surface area contributed by atoms with Crippen molar-refractivity contribution in [2.24, 2.45) is 0 Å². The average molecular weight is 559 g/mol. The van der Waals surface area contributed by atoms with E-state index in [0.717, 1.165) is 34.4 Å². The molecule has 3 aromatic carbocycles. The van der Waals surface area contributed by atoms with Gasteiger partial charge in [-0.25, -0.2) is 0 Å². The van der Waals surface area contributed by atoms with E-state index in [4.69, 9.17) is 14.6 Å². The number of aromatic nitrogens is 5. The molecular weight excluding hydrogens is 528 g/mol. The zero-order valence-corrected chi connectivity index (χ0v) is 23.3. The number of H-pyrrole nitrogens is 1. The molecule has 0 fully saturated rings. The number of amides is 1. The Bertz CT molecular complexity index is 1810. The predicted octanol–water partition coefficient (Wildman–Crippen LogP) is 5.47. The number of methoxy groups -OCH3 is 2. The summed E-state index contributed by atoms with van der Waals surface area (Å²) >= 11 is 0. The Morgan fingerprint density at radius 2 is 1.71 bits per heavy atom. The van der Waals surface area contributed by atoms with Crippen LogP contribution in [-0.4, -0.2) is 44.9 Å². The summed E-state index contributed by atoms with van der Waals surface area (Å²) in [4.78, 5) is 21.2. The molecule has 6 aromatic rings. The summed E-state index contributed by atoms with van der Waals surface area (Å²) in [5.74, 6) is 2.19. The second-order valence-corrected chi connectivity index (χ2v) is 9.74. The van der Waals surface area contributed by atoms with Gasteiger partial charge in [-0.05, 0) is 42.3 Å². The summed E-state index contributed by atoms with van der Waals surface area (Å²) in [5.41, 5.74) is 4.03. The van der Waals surface area contributed by atoms with Crippen LogP contribution in [0.3, 0.4) is 0 Å².